The second-order valence-corrected chi connectivity index (χ2v) is 10.6. The van der Waals surface area contributed by atoms with Crippen molar-refractivity contribution in [3.8, 4) is 23.0 Å². The van der Waals surface area contributed by atoms with E-state index in [0.717, 1.165) is 48.1 Å². The molecule has 1 aromatic carbocycles. The summed E-state index contributed by atoms with van der Waals surface area (Å²) in [6.07, 6.45) is 3.50. The number of carbonyl (C=O) groups excluding carboxylic acids is 1. The van der Waals surface area contributed by atoms with E-state index in [0.29, 0.717) is 61.7 Å². The molecule has 206 valence electrons. The van der Waals surface area contributed by atoms with Gasteiger partial charge < -0.3 is 29.1 Å². The first kappa shape index (κ1) is 25.8. The van der Waals surface area contributed by atoms with Crippen LogP contribution < -0.4 is 14.4 Å². The molecule has 1 amide bonds. The minimum atomic E-state index is -0.130. The molecular weight excluding hydrogens is 498 g/mol. The fraction of sp³-hybridized carbons (Fsp3) is 0.517. The van der Waals surface area contributed by atoms with Crippen molar-refractivity contribution in [2.24, 2.45) is 5.92 Å². The monoisotopic (exact) mass is 533 g/mol. The summed E-state index contributed by atoms with van der Waals surface area (Å²) in [6.45, 7) is 5.36. The third-order valence-electron chi connectivity index (χ3n) is 7.86. The summed E-state index contributed by atoms with van der Waals surface area (Å²) in [7, 11) is 1.59. The van der Waals surface area contributed by atoms with Gasteiger partial charge in [0.15, 0.2) is 5.65 Å². The Bertz CT molecular complexity index is 1360. The number of aromatic nitrogens is 3. The number of fused-ring (bicyclic) bond motifs is 1. The number of ether oxygens (including phenoxy) is 3. The number of likely N-dealkylation sites (tertiary alicyclic amines) is 1. The minimum Gasteiger partial charge on any atom is -0.496 e. The van der Waals surface area contributed by atoms with Crippen molar-refractivity contribution in [3.63, 3.8) is 0 Å². The molecule has 2 aromatic heterocycles. The highest BCUT2D eigenvalue weighted by molar-refractivity contribution is 5.89. The summed E-state index contributed by atoms with van der Waals surface area (Å²) >= 11 is 0. The van der Waals surface area contributed by atoms with Gasteiger partial charge in [0.05, 0.1) is 44.1 Å². The largest absolute Gasteiger partial charge is 0.496 e. The Balaban J connectivity index is 1.31. The molecule has 2 aliphatic heterocycles. The van der Waals surface area contributed by atoms with Crippen molar-refractivity contribution in [1.29, 1.82) is 0 Å². The molecule has 3 aliphatic rings. The maximum absolute atomic E-state index is 12.5. The Morgan fingerprint density at radius 2 is 1.90 bits per heavy atom. The Labute approximate surface area is 227 Å². The van der Waals surface area contributed by atoms with E-state index in [9.17, 15) is 9.90 Å². The van der Waals surface area contributed by atoms with Gasteiger partial charge in [-0.05, 0) is 50.1 Å². The Morgan fingerprint density at radius 3 is 2.62 bits per heavy atom. The fourth-order valence-electron chi connectivity index (χ4n) is 5.44. The Morgan fingerprint density at radius 1 is 1.08 bits per heavy atom. The molecule has 6 rings (SSSR count). The first-order valence-electron chi connectivity index (χ1n) is 13.8. The molecule has 0 radical (unpaired) electrons. The summed E-state index contributed by atoms with van der Waals surface area (Å²) in [4.78, 5) is 31.2. The second-order valence-electron chi connectivity index (χ2n) is 10.6. The Hall–Kier alpha value is -3.50. The van der Waals surface area contributed by atoms with Gasteiger partial charge in [0, 0.05) is 49.5 Å². The van der Waals surface area contributed by atoms with E-state index in [1.54, 1.807) is 7.11 Å². The summed E-state index contributed by atoms with van der Waals surface area (Å²) in [5.41, 5.74) is 2.83. The lowest BCUT2D eigenvalue weighted by Gasteiger charge is -2.35. The molecule has 3 fully saturated rings. The molecular formula is C29H35N5O5. The maximum Gasteiger partial charge on any atom is 0.320 e. The molecule has 1 N–H and O–H groups in total. The third-order valence-corrected chi connectivity index (χ3v) is 7.86. The van der Waals surface area contributed by atoms with Crippen LogP contribution in [0.15, 0.2) is 30.3 Å². The molecule has 3 aromatic rings. The van der Waals surface area contributed by atoms with Crippen LogP contribution in [0.1, 0.15) is 38.2 Å². The predicted molar refractivity (Wildman–Crippen MR) is 146 cm³/mol. The highest BCUT2D eigenvalue weighted by Gasteiger charge is 2.35. The standard InChI is InChI=1S/C29H35N5O5/c1-18-17-38-14-13-34(18)27-23-6-7-24(20-5-8-25(37-2)21(15-20)16-35)30-26(23)31-29(32-27)39-22-9-11-33(12-10-22)28(36)19-3-4-19/h5-8,15,18-19,22,35H,3-4,9-14,16-17H2,1-2H3. The molecule has 10 nitrogen and oxygen atoms in total. The summed E-state index contributed by atoms with van der Waals surface area (Å²) < 4.78 is 17.4. The van der Waals surface area contributed by atoms with Gasteiger partial charge in [0.25, 0.3) is 0 Å². The maximum atomic E-state index is 12.5. The second kappa shape index (κ2) is 10.9. The molecule has 10 heteroatoms. The van der Waals surface area contributed by atoms with Gasteiger partial charge >= 0.3 is 6.01 Å². The number of hydrogen-bond donors (Lipinski definition) is 1. The topological polar surface area (TPSA) is 110 Å². The molecule has 39 heavy (non-hydrogen) atoms. The number of methoxy groups -OCH3 is 1. The van der Waals surface area contributed by atoms with E-state index in [4.69, 9.17) is 29.2 Å². The third kappa shape index (κ3) is 5.35. The molecule has 4 heterocycles. The molecule has 0 bridgehead atoms. The Kier molecular flexibility index (Phi) is 7.22. The number of aliphatic hydroxyl groups is 1. The number of benzene rings is 1. The fourth-order valence-corrected chi connectivity index (χ4v) is 5.44. The van der Waals surface area contributed by atoms with Crippen molar-refractivity contribution >= 4 is 22.8 Å². The SMILES string of the molecule is COc1ccc(-c2ccc3c(N4CCOCC4C)nc(OC4CCN(C(=O)C5CC5)CC4)nc3n2)cc1CO. The van der Waals surface area contributed by atoms with Crippen LogP contribution in [-0.2, 0) is 16.1 Å². The van der Waals surface area contributed by atoms with Gasteiger partial charge in [-0.1, -0.05) is 0 Å². The van der Waals surface area contributed by atoms with E-state index in [-0.39, 0.29) is 24.7 Å². The molecule has 1 unspecified atom stereocenters. The van der Waals surface area contributed by atoms with Crippen LogP contribution in [0.5, 0.6) is 11.8 Å². The van der Waals surface area contributed by atoms with E-state index in [1.165, 1.54) is 0 Å². The summed E-state index contributed by atoms with van der Waals surface area (Å²) in [6, 6.07) is 10.1. The van der Waals surface area contributed by atoms with Gasteiger partial charge in [0.2, 0.25) is 5.91 Å². The van der Waals surface area contributed by atoms with Crippen LogP contribution in [-0.4, -0.2) is 83.0 Å². The number of hydrogen-bond acceptors (Lipinski definition) is 9. The number of nitrogens with zero attached hydrogens (tertiary/aromatic N) is 5. The number of carbonyl (C=O) groups is 1. The molecule has 1 aliphatic carbocycles. The first-order chi connectivity index (χ1) is 19.0. The quantitative estimate of drug-likeness (QED) is 0.490. The first-order valence-corrected chi connectivity index (χ1v) is 13.8. The average molecular weight is 534 g/mol. The van der Waals surface area contributed by atoms with Crippen molar-refractivity contribution in [1.82, 2.24) is 19.9 Å². The van der Waals surface area contributed by atoms with Crippen LogP contribution in [0.3, 0.4) is 0 Å². The highest BCUT2D eigenvalue weighted by Crippen LogP contribution is 2.34. The number of anilines is 1. The zero-order valence-corrected chi connectivity index (χ0v) is 22.5. The molecule has 1 atom stereocenters. The van der Waals surface area contributed by atoms with Gasteiger partial charge in [0.1, 0.15) is 17.7 Å². The van der Waals surface area contributed by atoms with Crippen LogP contribution in [0, 0.1) is 5.92 Å². The van der Waals surface area contributed by atoms with E-state index in [2.05, 4.69) is 11.8 Å². The van der Waals surface area contributed by atoms with Crippen molar-refractivity contribution in [3.05, 3.63) is 35.9 Å². The lowest BCUT2D eigenvalue weighted by Crippen LogP contribution is -2.44. The predicted octanol–water partition coefficient (Wildman–Crippen LogP) is 3.20. The zero-order chi connectivity index (χ0) is 26.9. The highest BCUT2D eigenvalue weighted by atomic mass is 16.5. The molecule has 2 saturated heterocycles. The van der Waals surface area contributed by atoms with E-state index >= 15 is 0 Å². The van der Waals surface area contributed by atoms with Crippen molar-refractivity contribution < 1.29 is 24.1 Å². The van der Waals surface area contributed by atoms with Gasteiger partial charge in [-0.2, -0.15) is 9.97 Å². The molecule has 1 saturated carbocycles. The lowest BCUT2D eigenvalue weighted by atomic mass is 10.1. The van der Waals surface area contributed by atoms with E-state index in [1.807, 2.05) is 35.2 Å². The number of pyridine rings is 1. The van der Waals surface area contributed by atoms with Gasteiger partial charge in [-0.3, -0.25) is 4.79 Å². The molecule has 0 spiro atoms. The summed E-state index contributed by atoms with van der Waals surface area (Å²) in [5, 5.41) is 10.6. The van der Waals surface area contributed by atoms with Crippen molar-refractivity contribution in [2.75, 3.05) is 44.9 Å². The van der Waals surface area contributed by atoms with Crippen LogP contribution >= 0.6 is 0 Å². The zero-order valence-electron chi connectivity index (χ0n) is 22.5. The number of amides is 1. The normalized spacial score (nSPS) is 20.3. The van der Waals surface area contributed by atoms with Crippen LogP contribution in [0.2, 0.25) is 0 Å². The van der Waals surface area contributed by atoms with Crippen LogP contribution in [0.25, 0.3) is 22.3 Å². The summed E-state index contributed by atoms with van der Waals surface area (Å²) in [5.74, 6) is 1.95. The van der Waals surface area contributed by atoms with Gasteiger partial charge in [-0.25, -0.2) is 4.98 Å². The number of piperidine rings is 1. The smallest absolute Gasteiger partial charge is 0.320 e. The number of rotatable bonds is 7. The number of morpholine rings is 1. The average Bonchev–Trinajstić information content (AvgIpc) is 3.82. The lowest BCUT2D eigenvalue weighted by molar-refractivity contribution is -0.134. The van der Waals surface area contributed by atoms with Crippen molar-refractivity contribution in [2.45, 2.75) is 51.4 Å². The van der Waals surface area contributed by atoms with Crippen LogP contribution in [0.4, 0.5) is 5.82 Å². The van der Waals surface area contributed by atoms with Gasteiger partial charge in [-0.15, -0.1) is 0 Å². The minimum absolute atomic E-state index is 0.0578. The number of aliphatic hydroxyl groups excluding tert-OH is 1. The van der Waals surface area contributed by atoms with E-state index < -0.39 is 0 Å².